The molecule has 2 aromatic carbocycles. The fraction of sp³-hybridized carbons (Fsp3) is 0.391. The lowest BCUT2D eigenvalue weighted by Gasteiger charge is -2.29. The van der Waals surface area contributed by atoms with Crippen LogP contribution < -0.4 is 0 Å². The number of rotatable bonds is 6. The number of hydrogen-bond acceptors (Lipinski definition) is 7. The fourth-order valence-corrected chi connectivity index (χ4v) is 4.17. The van der Waals surface area contributed by atoms with Gasteiger partial charge in [0.2, 0.25) is 0 Å². The highest BCUT2D eigenvalue weighted by molar-refractivity contribution is 9.09. The summed E-state index contributed by atoms with van der Waals surface area (Å²) in [4.78, 5) is 25.4. The zero-order chi connectivity index (χ0) is 22.0. The second-order valence-corrected chi connectivity index (χ2v) is 8.42. The van der Waals surface area contributed by atoms with Gasteiger partial charge in [-0.05, 0) is 38.1 Å². The molecular weight excluding hydrogens is 468 g/mol. The Bertz CT molecular complexity index is 918. The number of carbonyl (C=O) groups excluding carboxylic acids is 2. The Morgan fingerprint density at radius 1 is 0.968 bits per heavy atom. The van der Waals surface area contributed by atoms with Crippen LogP contribution in [-0.2, 0) is 23.7 Å². The van der Waals surface area contributed by atoms with Crippen molar-refractivity contribution in [3.63, 3.8) is 0 Å². The van der Waals surface area contributed by atoms with Crippen LogP contribution in [0.1, 0.15) is 34.6 Å². The number of fused-ring (bicyclic) bond motifs is 1. The normalized spacial score (nSPS) is 27.3. The summed E-state index contributed by atoms with van der Waals surface area (Å²) in [5.41, 5.74) is 0.817. The molecule has 4 rings (SSSR count). The molecule has 2 fully saturated rings. The van der Waals surface area contributed by atoms with Gasteiger partial charge in [-0.3, -0.25) is 0 Å². The SMILES string of the molecule is CC1(C)O[C@H]2O[C@H]([C@H](CBr)OC(=O)c3ccccc3)[C@H](OC(=O)c3ccccc3)[C@H]2O1. The van der Waals surface area contributed by atoms with Crippen molar-refractivity contribution in [1.82, 2.24) is 0 Å². The van der Waals surface area contributed by atoms with E-state index >= 15 is 0 Å². The Kier molecular flexibility index (Phi) is 6.43. The Balaban J connectivity index is 1.55. The zero-order valence-electron chi connectivity index (χ0n) is 17.1. The van der Waals surface area contributed by atoms with E-state index in [0.717, 1.165) is 0 Å². The molecule has 0 unspecified atom stereocenters. The molecule has 8 heteroatoms. The third-order valence-corrected chi connectivity index (χ3v) is 5.70. The van der Waals surface area contributed by atoms with Crippen molar-refractivity contribution in [2.75, 3.05) is 5.33 Å². The molecular formula is C23H23BrO7. The van der Waals surface area contributed by atoms with Crippen LogP contribution in [0.4, 0.5) is 0 Å². The topological polar surface area (TPSA) is 80.3 Å². The minimum Gasteiger partial charge on any atom is -0.455 e. The Morgan fingerprint density at radius 3 is 2.13 bits per heavy atom. The molecule has 7 nitrogen and oxygen atoms in total. The van der Waals surface area contributed by atoms with Gasteiger partial charge in [-0.25, -0.2) is 9.59 Å². The first-order valence-corrected chi connectivity index (χ1v) is 11.1. The van der Waals surface area contributed by atoms with Crippen LogP contribution >= 0.6 is 15.9 Å². The predicted molar refractivity (Wildman–Crippen MR) is 114 cm³/mol. The molecule has 0 N–H and O–H groups in total. The standard InChI is InChI=1S/C23H23BrO7/c1-23(2)30-19-18(28-21(26)15-11-7-4-8-12-15)17(29-22(19)31-23)16(13-24)27-20(25)14-9-5-3-6-10-14/h3-12,16-19,22H,13H2,1-2H3/t16-,17+,18-,19+,22+/m0/s1. The summed E-state index contributed by atoms with van der Waals surface area (Å²) < 4.78 is 29.3. The van der Waals surface area contributed by atoms with Gasteiger partial charge in [0.1, 0.15) is 12.2 Å². The number of carbonyl (C=O) groups is 2. The maximum atomic E-state index is 12.8. The molecule has 0 amide bonds. The maximum absolute atomic E-state index is 12.8. The number of hydrogen-bond donors (Lipinski definition) is 0. The van der Waals surface area contributed by atoms with Gasteiger partial charge in [0.25, 0.3) is 0 Å². The lowest BCUT2D eigenvalue weighted by molar-refractivity contribution is -0.224. The smallest absolute Gasteiger partial charge is 0.338 e. The molecule has 0 radical (unpaired) electrons. The van der Waals surface area contributed by atoms with E-state index in [4.69, 9.17) is 23.7 Å². The molecule has 5 atom stereocenters. The monoisotopic (exact) mass is 490 g/mol. The van der Waals surface area contributed by atoms with Crippen LogP contribution in [0.15, 0.2) is 60.7 Å². The average molecular weight is 491 g/mol. The lowest BCUT2D eigenvalue weighted by atomic mass is 10.1. The third kappa shape index (κ3) is 4.82. The Hall–Kier alpha value is -2.26. The van der Waals surface area contributed by atoms with E-state index in [-0.39, 0.29) is 5.33 Å². The van der Waals surface area contributed by atoms with Crippen LogP contribution in [0.25, 0.3) is 0 Å². The van der Waals surface area contributed by atoms with Crippen molar-refractivity contribution in [3.05, 3.63) is 71.8 Å². The molecule has 31 heavy (non-hydrogen) atoms. The van der Waals surface area contributed by atoms with Crippen LogP contribution in [0.5, 0.6) is 0 Å². The highest BCUT2D eigenvalue weighted by Gasteiger charge is 2.59. The molecule has 0 aromatic heterocycles. The highest BCUT2D eigenvalue weighted by atomic mass is 79.9. The third-order valence-electron chi connectivity index (χ3n) is 5.07. The number of alkyl halides is 1. The molecule has 2 heterocycles. The van der Waals surface area contributed by atoms with Gasteiger partial charge >= 0.3 is 11.9 Å². The summed E-state index contributed by atoms with van der Waals surface area (Å²) in [7, 11) is 0. The van der Waals surface area contributed by atoms with Gasteiger partial charge in [-0.15, -0.1) is 0 Å². The highest BCUT2D eigenvalue weighted by Crippen LogP contribution is 2.40. The van der Waals surface area contributed by atoms with Gasteiger partial charge in [0.15, 0.2) is 24.3 Å². The summed E-state index contributed by atoms with van der Waals surface area (Å²) in [5.74, 6) is -1.90. The van der Waals surface area contributed by atoms with E-state index in [9.17, 15) is 9.59 Å². The van der Waals surface area contributed by atoms with Crippen LogP contribution in [0.3, 0.4) is 0 Å². The van der Waals surface area contributed by atoms with Crippen LogP contribution in [0, 0.1) is 0 Å². The molecule has 2 aliphatic rings. The van der Waals surface area contributed by atoms with E-state index < -0.39 is 48.4 Å². The molecule has 2 aromatic rings. The summed E-state index contributed by atoms with van der Waals surface area (Å²) in [6, 6.07) is 17.3. The summed E-state index contributed by atoms with van der Waals surface area (Å²) in [6.07, 6.45) is -3.73. The van der Waals surface area contributed by atoms with E-state index in [2.05, 4.69) is 15.9 Å². The maximum Gasteiger partial charge on any atom is 0.338 e. The van der Waals surface area contributed by atoms with Crippen molar-refractivity contribution in [3.8, 4) is 0 Å². The number of esters is 2. The van der Waals surface area contributed by atoms with Gasteiger partial charge < -0.3 is 23.7 Å². The minimum atomic E-state index is -0.887. The Morgan fingerprint density at radius 2 is 1.55 bits per heavy atom. The second kappa shape index (κ2) is 9.08. The van der Waals surface area contributed by atoms with E-state index in [1.807, 2.05) is 12.1 Å². The number of halogens is 1. The van der Waals surface area contributed by atoms with Crippen molar-refractivity contribution in [2.24, 2.45) is 0 Å². The molecule has 0 bridgehead atoms. The van der Waals surface area contributed by atoms with Gasteiger partial charge in [0, 0.05) is 5.33 Å². The molecule has 164 valence electrons. The summed E-state index contributed by atoms with van der Waals surface area (Å²) >= 11 is 3.39. The molecule has 2 saturated heterocycles. The largest absolute Gasteiger partial charge is 0.455 e. The van der Waals surface area contributed by atoms with Gasteiger partial charge in [-0.2, -0.15) is 0 Å². The Labute approximate surface area is 188 Å². The minimum absolute atomic E-state index is 0.276. The average Bonchev–Trinajstić information content (AvgIpc) is 3.25. The predicted octanol–water partition coefficient (Wildman–Crippen LogP) is 3.71. The van der Waals surface area contributed by atoms with Crippen molar-refractivity contribution >= 4 is 27.9 Å². The molecule has 2 aliphatic heterocycles. The number of ether oxygens (including phenoxy) is 5. The molecule has 0 spiro atoms. The second-order valence-electron chi connectivity index (χ2n) is 7.77. The van der Waals surface area contributed by atoms with Crippen molar-refractivity contribution < 1.29 is 33.3 Å². The zero-order valence-corrected chi connectivity index (χ0v) is 18.7. The fourth-order valence-electron chi connectivity index (χ4n) is 3.67. The van der Waals surface area contributed by atoms with E-state index in [1.54, 1.807) is 62.4 Å². The first kappa shape index (κ1) is 22.0. The summed E-state index contributed by atoms with van der Waals surface area (Å²) in [6.45, 7) is 3.52. The quantitative estimate of drug-likeness (QED) is 0.450. The van der Waals surface area contributed by atoms with E-state index in [1.165, 1.54) is 0 Å². The van der Waals surface area contributed by atoms with Gasteiger partial charge in [-0.1, -0.05) is 52.3 Å². The van der Waals surface area contributed by atoms with E-state index in [0.29, 0.717) is 11.1 Å². The first-order chi connectivity index (χ1) is 14.9. The van der Waals surface area contributed by atoms with Crippen LogP contribution in [0.2, 0.25) is 0 Å². The van der Waals surface area contributed by atoms with Crippen LogP contribution in [-0.4, -0.2) is 53.8 Å². The lowest BCUT2D eigenvalue weighted by Crippen LogP contribution is -2.46. The molecule has 0 aliphatic carbocycles. The molecule has 0 saturated carbocycles. The first-order valence-electron chi connectivity index (χ1n) is 9.97. The van der Waals surface area contributed by atoms with Gasteiger partial charge in [0.05, 0.1) is 11.1 Å². The van der Waals surface area contributed by atoms with Crippen molar-refractivity contribution in [1.29, 1.82) is 0 Å². The summed E-state index contributed by atoms with van der Waals surface area (Å²) in [5, 5.41) is 0.276. The van der Waals surface area contributed by atoms with Crippen molar-refractivity contribution in [2.45, 2.75) is 50.3 Å². The number of benzene rings is 2.